The standard InChI is InChI=1S/C18H31N5O3/c1-8-12-13(9-10(2)3)23-16(14(22-12)15(19)24)20-11(4)21-17(25)26-18(5,6)7/h10-11H,8-9H2,1-7H3,(H2,19,24)(H,20,23)(H,21,25). The predicted octanol–water partition coefficient (Wildman–Crippen LogP) is 2.62. The molecule has 146 valence electrons. The van der Waals surface area contributed by atoms with Crippen LogP contribution in [-0.2, 0) is 17.6 Å². The summed E-state index contributed by atoms with van der Waals surface area (Å²) in [7, 11) is 0. The fourth-order valence-electron chi connectivity index (χ4n) is 2.34. The number of hydrogen-bond acceptors (Lipinski definition) is 6. The van der Waals surface area contributed by atoms with Crippen molar-refractivity contribution in [1.29, 1.82) is 0 Å². The van der Waals surface area contributed by atoms with Crippen molar-refractivity contribution in [2.75, 3.05) is 5.32 Å². The topological polar surface area (TPSA) is 119 Å². The van der Waals surface area contributed by atoms with Crippen molar-refractivity contribution in [2.24, 2.45) is 11.7 Å². The summed E-state index contributed by atoms with van der Waals surface area (Å²) in [6, 6.07) is 0. The lowest BCUT2D eigenvalue weighted by molar-refractivity contribution is 0.0514. The number of nitrogens with two attached hydrogens (primary N) is 1. The van der Waals surface area contributed by atoms with Crippen molar-refractivity contribution in [3.8, 4) is 0 Å². The normalized spacial score (nSPS) is 12.6. The van der Waals surface area contributed by atoms with Crippen LogP contribution in [0.2, 0.25) is 0 Å². The molecular formula is C18H31N5O3. The second kappa shape index (κ2) is 8.82. The van der Waals surface area contributed by atoms with Gasteiger partial charge in [-0.3, -0.25) is 4.79 Å². The number of alkyl carbamates (subject to hydrolysis) is 1. The van der Waals surface area contributed by atoms with Gasteiger partial charge < -0.3 is 21.1 Å². The minimum Gasteiger partial charge on any atom is -0.444 e. The molecule has 26 heavy (non-hydrogen) atoms. The first-order valence-corrected chi connectivity index (χ1v) is 8.88. The zero-order chi connectivity index (χ0) is 20.1. The second-order valence-electron chi connectivity index (χ2n) is 7.64. The molecule has 1 aromatic heterocycles. The molecule has 0 radical (unpaired) electrons. The fraction of sp³-hybridized carbons (Fsp3) is 0.667. The van der Waals surface area contributed by atoms with Gasteiger partial charge in [0.05, 0.1) is 11.4 Å². The van der Waals surface area contributed by atoms with Crippen molar-refractivity contribution in [2.45, 2.75) is 73.1 Å². The Morgan fingerprint density at radius 3 is 2.23 bits per heavy atom. The highest BCUT2D eigenvalue weighted by atomic mass is 16.6. The number of rotatable bonds is 7. The Kier molecular flexibility index (Phi) is 7.35. The Balaban J connectivity index is 3.05. The summed E-state index contributed by atoms with van der Waals surface area (Å²) in [5.41, 5.74) is 6.49. The maximum Gasteiger partial charge on any atom is 0.409 e. The van der Waals surface area contributed by atoms with E-state index in [1.807, 2.05) is 6.92 Å². The van der Waals surface area contributed by atoms with Crippen LogP contribution in [0.3, 0.4) is 0 Å². The highest BCUT2D eigenvalue weighted by molar-refractivity contribution is 5.95. The average molecular weight is 365 g/mol. The van der Waals surface area contributed by atoms with Crippen LogP contribution in [0, 0.1) is 5.92 Å². The molecule has 0 aliphatic heterocycles. The van der Waals surface area contributed by atoms with E-state index in [9.17, 15) is 9.59 Å². The van der Waals surface area contributed by atoms with Gasteiger partial charge in [-0.2, -0.15) is 0 Å². The molecule has 0 bridgehead atoms. The van der Waals surface area contributed by atoms with Crippen molar-refractivity contribution in [1.82, 2.24) is 15.3 Å². The second-order valence-corrected chi connectivity index (χ2v) is 7.64. The van der Waals surface area contributed by atoms with Crippen LogP contribution in [-0.4, -0.2) is 33.7 Å². The third-order valence-electron chi connectivity index (χ3n) is 3.31. The summed E-state index contributed by atoms with van der Waals surface area (Å²) in [4.78, 5) is 32.6. The largest absolute Gasteiger partial charge is 0.444 e. The lowest BCUT2D eigenvalue weighted by Gasteiger charge is -2.23. The highest BCUT2D eigenvalue weighted by Gasteiger charge is 2.21. The van der Waals surface area contributed by atoms with Gasteiger partial charge in [0.15, 0.2) is 11.5 Å². The van der Waals surface area contributed by atoms with E-state index in [0.29, 0.717) is 12.3 Å². The van der Waals surface area contributed by atoms with Crippen molar-refractivity contribution >= 4 is 17.8 Å². The van der Waals surface area contributed by atoms with Crippen LogP contribution in [0.5, 0.6) is 0 Å². The number of carbonyl (C=O) groups is 2. The van der Waals surface area contributed by atoms with Crippen molar-refractivity contribution in [3.05, 3.63) is 17.1 Å². The first-order valence-electron chi connectivity index (χ1n) is 8.88. The summed E-state index contributed by atoms with van der Waals surface area (Å²) in [6.45, 7) is 13.2. The van der Waals surface area contributed by atoms with Gasteiger partial charge in [0.1, 0.15) is 11.8 Å². The van der Waals surface area contributed by atoms with Gasteiger partial charge in [0.25, 0.3) is 5.91 Å². The smallest absolute Gasteiger partial charge is 0.409 e. The molecule has 8 heteroatoms. The van der Waals surface area contributed by atoms with E-state index in [4.69, 9.17) is 10.5 Å². The predicted molar refractivity (Wildman–Crippen MR) is 101 cm³/mol. The molecule has 0 saturated heterocycles. The number of amides is 2. The van der Waals surface area contributed by atoms with Crippen LogP contribution in [0.25, 0.3) is 0 Å². The lowest BCUT2D eigenvalue weighted by atomic mass is 10.0. The first-order chi connectivity index (χ1) is 11.9. The highest BCUT2D eigenvalue weighted by Crippen LogP contribution is 2.18. The van der Waals surface area contributed by atoms with E-state index in [1.165, 1.54) is 0 Å². The molecule has 0 saturated carbocycles. The zero-order valence-corrected chi connectivity index (χ0v) is 16.8. The third kappa shape index (κ3) is 6.85. The molecule has 1 heterocycles. The van der Waals surface area contributed by atoms with Gasteiger partial charge in [0.2, 0.25) is 0 Å². The van der Waals surface area contributed by atoms with E-state index < -0.39 is 23.8 Å². The Hall–Kier alpha value is -2.38. The number of carbonyl (C=O) groups excluding carboxylic acids is 2. The minimum atomic E-state index is -0.671. The molecule has 4 N–H and O–H groups in total. The number of hydrogen-bond donors (Lipinski definition) is 3. The Morgan fingerprint density at radius 1 is 1.15 bits per heavy atom. The summed E-state index contributed by atoms with van der Waals surface area (Å²) < 4.78 is 5.22. The number of aromatic nitrogens is 2. The van der Waals surface area contributed by atoms with Crippen LogP contribution in [0.1, 0.15) is 70.3 Å². The molecule has 0 fully saturated rings. The molecule has 0 aromatic carbocycles. The van der Waals surface area contributed by atoms with Gasteiger partial charge >= 0.3 is 6.09 Å². The molecule has 0 spiro atoms. The van der Waals surface area contributed by atoms with E-state index in [-0.39, 0.29) is 11.5 Å². The van der Waals surface area contributed by atoms with E-state index in [2.05, 4.69) is 34.4 Å². The van der Waals surface area contributed by atoms with Gasteiger partial charge in [-0.05, 0) is 46.5 Å². The van der Waals surface area contributed by atoms with Crippen molar-refractivity contribution in [3.63, 3.8) is 0 Å². The number of aryl methyl sites for hydroxylation is 1. The monoisotopic (exact) mass is 365 g/mol. The molecule has 1 unspecified atom stereocenters. The molecule has 1 rings (SSSR count). The van der Waals surface area contributed by atoms with Gasteiger partial charge in [-0.15, -0.1) is 0 Å². The number of primary amides is 1. The number of nitrogens with zero attached hydrogens (tertiary/aromatic N) is 2. The average Bonchev–Trinajstić information content (AvgIpc) is 2.43. The number of ether oxygens (including phenoxy) is 1. The van der Waals surface area contributed by atoms with Gasteiger partial charge in [-0.1, -0.05) is 20.8 Å². The van der Waals surface area contributed by atoms with Gasteiger partial charge in [0, 0.05) is 0 Å². The summed E-state index contributed by atoms with van der Waals surface area (Å²) >= 11 is 0. The van der Waals surface area contributed by atoms with Crippen molar-refractivity contribution < 1.29 is 14.3 Å². The molecule has 0 aliphatic rings. The molecule has 0 aliphatic carbocycles. The number of nitrogens with one attached hydrogen (secondary N) is 2. The molecule has 1 atom stereocenters. The lowest BCUT2D eigenvalue weighted by Crippen LogP contribution is -2.42. The molecule has 1 aromatic rings. The SMILES string of the molecule is CCc1nc(C(N)=O)c(NC(C)NC(=O)OC(C)(C)C)nc1CC(C)C. The summed E-state index contributed by atoms with van der Waals surface area (Å²) in [5.74, 6) is -0.0247. The maximum absolute atomic E-state index is 11.9. The van der Waals surface area contributed by atoms with E-state index in [1.54, 1.807) is 27.7 Å². The first kappa shape index (κ1) is 21.7. The molecule has 2 amide bonds. The van der Waals surface area contributed by atoms with E-state index in [0.717, 1.165) is 17.8 Å². The Bertz CT molecular complexity index is 653. The summed E-state index contributed by atoms with van der Waals surface area (Å²) in [5, 5.41) is 5.63. The molecule has 8 nitrogen and oxygen atoms in total. The molecular weight excluding hydrogens is 334 g/mol. The van der Waals surface area contributed by atoms with Crippen LogP contribution in [0.4, 0.5) is 10.6 Å². The van der Waals surface area contributed by atoms with E-state index >= 15 is 0 Å². The summed E-state index contributed by atoms with van der Waals surface area (Å²) in [6.07, 6.45) is 0.286. The number of anilines is 1. The fourth-order valence-corrected chi connectivity index (χ4v) is 2.34. The maximum atomic E-state index is 11.9. The van der Waals surface area contributed by atoms with Gasteiger partial charge in [-0.25, -0.2) is 14.8 Å². The van der Waals surface area contributed by atoms with Crippen LogP contribution >= 0.6 is 0 Å². The quantitative estimate of drug-likeness (QED) is 0.639. The van der Waals surface area contributed by atoms with Crippen LogP contribution in [0.15, 0.2) is 0 Å². The van der Waals surface area contributed by atoms with Crippen LogP contribution < -0.4 is 16.4 Å². The zero-order valence-electron chi connectivity index (χ0n) is 16.8. The third-order valence-corrected chi connectivity index (χ3v) is 3.31. The Labute approximate surface area is 155 Å². The Morgan fingerprint density at radius 2 is 1.77 bits per heavy atom. The minimum absolute atomic E-state index is 0.0622.